The molecule has 0 aliphatic heterocycles. The lowest BCUT2D eigenvalue weighted by Crippen LogP contribution is -2.19. The van der Waals surface area contributed by atoms with Gasteiger partial charge in [-0.1, -0.05) is 6.92 Å². The summed E-state index contributed by atoms with van der Waals surface area (Å²) in [7, 11) is -2.84. The van der Waals surface area contributed by atoms with Crippen molar-refractivity contribution in [2.75, 3.05) is 18.1 Å². The fourth-order valence-corrected chi connectivity index (χ4v) is 2.16. The second-order valence-corrected chi connectivity index (χ2v) is 6.39. The average Bonchev–Trinajstić information content (AvgIpc) is 2.31. The first-order valence-electron chi connectivity index (χ1n) is 5.72. The van der Waals surface area contributed by atoms with Crippen molar-refractivity contribution in [3.8, 4) is 0 Å². The van der Waals surface area contributed by atoms with Gasteiger partial charge in [-0.3, -0.25) is 9.97 Å². The van der Waals surface area contributed by atoms with Crippen LogP contribution >= 0.6 is 0 Å². The monoisotopic (exact) mass is 257 g/mol. The third-order valence-electron chi connectivity index (χ3n) is 2.39. The highest BCUT2D eigenvalue weighted by molar-refractivity contribution is 7.91. The van der Waals surface area contributed by atoms with E-state index in [9.17, 15) is 8.42 Å². The van der Waals surface area contributed by atoms with Crippen molar-refractivity contribution in [2.24, 2.45) is 0 Å². The lowest BCUT2D eigenvalue weighted by molar-refractivity contribution is 0.589. The zero-order chi connectivity index (χ0) is 12.7. The molecular weight excluding hydrogens is 238 g/mol. The average molecular weight is 257 g/mol. The summed E-state index contributed by atoms with van der Waals surface area (Å²) in [6.07, 6.45) is 4.08. The number of nitrogens with one attached hydrogen (secondary N) is 1. The van der Waals surface area contributed by atoms with Crippen LogP contribution in [0.1, 0.15) is 24.7 Å². The van der Waals surface area contributed by atoms with Crippen LogP contribution in [0.3, 0.4) is 0 Å². The standard InChI is InChI=1S/C11H19N3O2S/c1-3-17(15,16)6-4-5-12-8-11-9-13-10(2)7-14-11/h7,9,12H,3-6,8H2,1-2H3. The molecule has 0 aliphatic carbocycles. The highest BCUT2D eigenvalue weighted by atomic mass is 32.2. The highest BCUT2D eigenvalue weighted by Gasteiger charge is 2.05. The van der Waals surface area contributed by atoms with E-state index in [1.165, 1.54) is 0 Å². The second-order valence-electron chi connectivity index (χ2n) is 3.92. The van der Waals surface area contributed by atoms with E-state index in [2.05, 4.69) is 15.3 Å². The minimum atomic E-state index is -2.84. The van der Waals surface area contributed by atoms with Crippen molar-refractivity contribution in [1.82, 2.24) is 15.3 Å². The van der Waals surface area contributed by atoms with E-state index in [4.69, 9.17) is 0 Å². The van der Waals surface area contributed by atoms with Gasteiger partial charge >= 0.3 is 0 Å². The summed E-state index contributed by atoms with van der Waals surface area (Å²) in [5.74, 6) is 0.465. The first-order valence-corrected chi connectivity index (χ1v) is 7.54. The first kappa shape index (κ1) is 14.1. The van der Waals surface area contributed by atoms with Gasteiger partial charge in [0.15, 0.2) is 0 Å². The zero-order valence-electron chi connectivity index (χ0n) is 10.3. The van der Waals surface area contributed by atoms with Crippen LogP contribution < -0.4 is 5.32 Å². The van der Waals surface area contributed by atoms with Crippen molar-refractivity contribution < 1.29 is 8.42 Å². The summed E-state index contributed by atoms with van der Waals surface area (Å²) in [5.41, 5.74) is 1.76. The van der Waals surface area contributed by atoms with Gasteiger partial charge in [-0.25, -0.2) is 8.42 Å². The maximum Gasteiger partial charge on any atom is 0.150 e. The molecule has 0 spiro atoms. The fourth-order valence-electron chi connectivity index (χ4n) is 1.29. The largest absolute Gasteiger partial charge is 0.311 e. The SMILES string of the molecule is CCS(=O)(=O)CCCNCc1cnc(C)cn1. The van der Waals surface area contributed by atoms with Gasteiger partial charge < -0.3 is 5.32 Å². The van der Waals surface area contributed by atoms with Crippen LogP contribution in [0.4, 0.5) is 0 Å². The Balaban J connectivity index is 2.19. The molecule has 1 aromatic heterocycles. The summed E-state index contributed by atoms with van der Waals surface area (Å²) in [5, 5.41) is 3.15. The summed E-state index contributed by atoms with van der Waals surface area (Å²) in [6, 6.07) is 0. The number of sulfone groups is 1. The lowest BCUT2D eigenvalue weighted by Gasteiger charge is -2.04. The van der Waals surface area contributed by atoms with Crippen LogP contribution in [0.15, 0.2) is 12.4 Å². The van der Waals surface area contributed by atoms with Crippen LogP contribution in [-0.4, -0.2) is 36.4 Å². The normalized spacial score (nSPS) is 11.6. The number of aryl methyl sites for hydroxylation is 1. The molecule has 5 nitrogen and oxygen atoms in total. The lowest BCUT2D eigenvalue weighted by atomic mass is 10.4. The predicted octanol–water partition coefficient (Wildman–Crippen LogP) is 0.699. The second kappa shape index (κ2) is 6.66. The molecule has 0 aromatic carbocycles. The Morgan fingerprint density at radius 3 is 2.65 bits per heavy atom. The Kier molecular flexibility index (Phi) is 5.50. The van der Waals surface area contributed by atoms with Gasteiger partial charge in [0.2, 0.25) is 0 Å². The summed E-state index contributed by atoms with van der Waals surface area (Å²) < 4.78 is 22.4. The number of nitrogens with zero attached hydrogens (tertiary/aromatic N) is 2. The molecule has 0 bridgehead atoms. The molecule has 0 fully saturated rings. The van der Waals surface area contributed by atoms with E-state index in [0.29, 0.717) is 19.5 Å². The summed E-state index contributed by atoms with van der Waals surface area (Å²) in [6.45, 7) is 4.86. The van der Waals surface area contributed by atoms with Gasteiger partial charge in [-0.15, -0.1) is 0 Å². The smallest absolute Gasteiger partial charge is 0.150 e. The van der Waals surface area contributed by atoms with Gasteiger partial charge in [-0.05, 0) is 19.9 Å². The Morgan fingerprint density at radius 2 is 2.06 bits per heavy atom. The molecule has 1 aromatic rings. The van der Waals surface area contributed by atoms with Gasteiger partial charge in [0.25, 0.3) is 0 Å². The number of hydrogen-bond acceptors (Lipinski definition) is 5. The van der Waals surface area contributed by atoms with E-state index in [-0.39, 0.29) is 11.5 Å². The first-order chi connectivity index (χ1) is 8.03. The molecule has 0 amide bonds. The summed E-state index contributed by atoms with van der Waals surface area (Å²) >= 11 is 0. The van der Waals surface area contributed by atoms with Gasteiger partial charge in [0.1, 0.15) is 9.84 Å². The molecular formula is C11H19N3O2S. The Hall–Kier alpha value is -1.01. The molecule has 17 heavy (non-hydrogen) atoms. The molecule has 1 N–H and O–H groups in total. The number of aromatic nitrogens is 2. The topological polar surface area (TPSA) is 72.0 Å². The molecule has 96 valence electrons. The molecule has 6 heteroatoms. The molecule has 0 radical (unpaired) electrons. The Bertz CT molecular complexity index is 429. The van der Waals surface area contributed by atoms with Crippen molar-refractivity contribution in [2.45, 2.75) is 26.8 Å². The fraction of sp³-hybridized carbons (Fsp3) is 0.636. The third kappa shape index (κ3) is 5.74. The minimum Gasteiger partial charge on any atom is -0.311 e. The van der Waals surface area contributed by atoms with Crippen LogP contribution in [0.5, 0.6) is 0 Å². The molecule has 0 unspecified atom stereocenters. The van der Waals surface area contributed by atoms with E-state index in [1.54, 1.807) is 19.3 Å². The highest BCUT2D eigenvalue weighted by Crippen LogP contribution is 1.95. The van der Waals surface area contributed by atoms with E-state index < -0.39 is 9.84 Å². The number of hydrogen-bond donors (Lipinski definition) is 1. The summed E-state index contributed by atoms with van der Waals surface area (Å²) in [4.78, 5) is 8.33. The molecule has 1 heterocycles. The molecule has 0 aliphatic rings. The predicted molar refractivity (Wildman–Crippen MR) is 67.4 cm³/mol. The van der Waals surface area contributed by atoms with Crippen LogP contribution in [0.25, 0.3) is 0 Å². The van der Waals surface area contributed by atoms with E-state index in [1.807, 2.05) is 6.92 Å². The Morgan fingerprint density at radius 1 is 1.29 bits per heavy atom. The molecule has 0 saturated heterocycles. The quantitative estimate of drug-likeness (QED) is 0.728. The van der Waals surface area contributed by atoms with Crippen molar-refractivity contribution in [1.29, 1.82) is 0 Å². The molecule has 0 atom stereocenters. The van der Waals surface area contributed by atoms with Crippen molar-refractivity contribution in [3.63, 3.8) is 0 Å². The van der Waals surface area contributed by atoms with E-state index >= 15 is 0 Å². The zero-order valence-corrected chi connectivity index (χ0v) is 11.1. The number of rotatable bonds is 7. The minimum absolute atomic E-state index is 0.219. The third-order valence-corrected chi connectivity index (χ3v) is 4.18. The molecule has 0 saturated carbocycles. The van der Waals surface area contributed by atoms with Gasteiger partial charge in [0, 0.05) is 24.7 Å². The van der Waals surface area contributed by atoms with Crippen LogP contribution in [0, 0.1) is 6.92 Å². The van der Waals surface area contributed by atoms with Crippen molar-refractivity contribution >= 4 is 9.84 Å². The maximum absolute atomic E-state index is 11.2. The van der Waals surface area contributed by atoms with Gasteiger partial charge in [0.05, 0.1) is 17.1 Å². The van der Waals surface area contributed by atoms with Crippen molar-refractivity contribution in [3.05, 3.63) is 23.8 Å². The van der Waals surface area contributed by atoms with Crippen LogP contribution in [-0.2, 0) is 16.4 Å². The van der Waals surface area contributed by atoms with E-state index in [0.717, 1.165) is 11.4 Å². The van der Waals surface area contributed by atoms with Gasteiger partial charge in [-0.2, -0.15) is 0 Å². The molecule has 1 rings (SSSR count). The van der Waals surface area contributed by atoms with Crippen LogP contribution in [0.2, 0.25) is 0 Å². The maximum atomic E-state index is 11.2. The Labute approximate surface area is 103 Å².